The Balaban J connectivity index is 1.92. The topological polar surface area (TPSA) is 87.7 Å². The minimum Gasteiger partial charge on any atom is -0.444 e. The van der Waals surface area contributed by atoms with Crippen LogP contribution in [-0.4, -0.2) is 41.6 Å². The highest BCUT2D eigenvalue weighted by atomic mass is 19.4. The van der Waals surface area contributed by atoms with Crippen molar-refractivity contribution in [2.24, 2.45) is 0 Å². The van der Waals surface area contributed by atoms with E-state index in [9.17, 15) is 31.9 Å². The van der Waals surface area contributed by atoms with Crippen molar-refractivity contribution in [1.82, 2.24) is 10.6 Å². The van der Waals surface area contributed by atoms with Gasteiger partial charge >= 0.3 is 12.3 Å². The van der Waals surface area contributed by atoms with Gasteiger partial charge in [0.05, 0.1) is 5.56 Å². The lowest BCUT2D eigenvalue weighted by molar-refractivity contribution is -0.140. The maximum atomic E-state index is 14.2. The third-order valence-corrected chi connectivity index (χ3v) is 6.14. The van der Waals surface area contributed by atoms with Crippen molar-refractivity contribution in [3.63, 3.8) is 0 Å². The van der Waals surface area contributed by atoms with Crippen molar-refractivity contribution in [2.75, 3.05) is 4.90 Å². The number of benzene rings is 2. The van der Waals surface area contributed by atoms with E-state index in [1.165, 1.54) is 0 Å². The van der Waals surface area contributed by atoms with Crippen LogP contribution in [0.1, 0.15) is 57.7 Å². The summed E-state index contributed by atoms with van der Waals surface area (Å²) < 4.78 is 60.4. The second-order valence-corrected chi connectivity index (χ2v) is 10.7. The largest absolute Gasteiger partial charge is 0.444 e. The van der Waals surface area contributed by atoms with Gasteiger partial charge < -0.3 is 20.3 Å². The SMILES string of the molecule is CC(C)N1C(=O)[C@H](NC(=O)[C@@H](Cc2cccc(F)c2C(F)(F)F)NC(=O)OC(C)(C)C)CCc2ccccc21. The van der Waals surface area contributed by atoms with Gasteiger partial charge in [0.1, 0.15) is 23.5 Å². The van der Waals surface area contributed by atoms with E-state index < -0.39 is 59.2 Å². The van der Waals surface area contributed by atoms with Crippen LogP contribution in [0.25, 0.3) is 0 Å². The van der Waals surface area contributed by atoms with E-state index in [2.05, 4.69) is 10.6 Å². The van der Waals surface area contributed by atoms with Crippen molar-refractivity contribution < 1.29 is 36.7 Å². The predicted molar refractivity (Wildman–Crippen MR) is 138 cm³/mol. The number of alkyl carbamates (subject to hydrolysis) is 1. The van der Waals surface area contributed by atoms with Gasteiger partial charge in [-0.05, 0) is 70.7 Å². The first-order chi connectivity index (χ1) is 18.1. The summed E-state index contributed by atoms with van der Waals surface area (Å²) in [5.74, 6) is -2.78. The molecule has 0 saturated heterocycles. The Bertz CT molecular complexity index is 1220. The van der Waals surface area contributed by atoms with Gasteiger partial charge in [0.2, 0.25) is 11.8 Å². The molecule has 11 heteroatoms. The number of ether oxygens (including phenoxy) is 1. The summed E-state index contributed by atoms with van der Waals surface area (Å²) in [7, 11) is 0. The van der Waals surface area contributed by atoms with Crippen LogP contribution in [0.5, 0.6) is 0 Å². The standard InChI is InChI=1S/C28H33F4N3O4/c1-16(2)35-22-12-7-6-9-17(22)13-14-20(25(35)37)33-24(36)21(34-26(38)39-27(3,4)5)15-18-10-8-11-19(29)23(18)28(30,31)32/h6-12,16,20-21H,13-15H2,1-5H3,(H,33,36)(H,34,38)/t20-,21-/m1/s1. The fraction of sp³-hybridized carbons (Fsp3) is 0.464. The molecule has 3 rings (SSSR count). The summed E-state index contributed by atoms with van der Waals surface area (Å²) in [6.45, 7) is 8.40. The number of hydrogen-bond acceptors (Lipinski definition) is 4. The van der Waals surface area contributed by atoms with E-state index in [-0.39, 0.29) is 18.4 Å². The Kier molecular flexibility index (Phi) is 8.92. The first kappa shape index (κ1) is 29.9. The summed E-state index contributed by atoms with van der Waals surface area (Å²) in [5.41, 5.74) is -1.38. The Hall–Kier alpha value is -3.63. The molecule has 1 heterocycles. The number of hydrogen-bond donors (Lipinski definition) is 2. The van der Waals surface area contributed by atoms with Gasteiger partial charge in [-0.25, -0.2) is 9.18 Å². The molecule has 2 aromatic carbocycles. The monoisotopic (exact) mass is 551 g/mol. The van der Waals surface area contributed by atoms with Crippen LogP contribution in [-0.2, 0) is 33.3 Å². The lowest BCUT2D eigenvalue weighted by Crippen LogP contribution is -2.56. The number of alkyl halides is 3. The van der Waals surface area contributed by atoms with Crippen molar-refractivity contribution in [3.05, 3.63) is 65.0 Å². The number of para-hydroxylation sites is 1. The zero-order chi connectivity index (χ0) is 29.1. The lowest BCUT2D eigenvalue weighted by atomic mass is 9.98. The normalized spacial score (nSPS) is 16.8. The van der Waals surface area contributed by atoms with Gasteiger partial charge in [0.25, 0.3) is 0 Å². The minimum absolute atomic E-state index is 0.234. The maximum Gasteiger partial charge on any atom is 0.419 e. The number of amides is 3. The molecule has 3 amide bonds. The Morgan fingerprint density at radius 3 is 2.36 bits per heavy atom. The number of fused-ring (bicyclic) bond motifs is 1. The average Bonchev–Trinajstić information content (AvgIpc) is 2.93. The number of nitrogens with one attached hydrogen (secondary N) is 2. The molecular weight excluding hydrogens is 518 g/mol. The van der Waals surface area contributed by atoms with E-state index in [1.807, 2.05) is 32.0 Å². The van der Waals surface area contributed by atoms with E-state index in [4.69, 9.17) is 4.74 Å². The molecule has 1 aliphatic heterocycles. The average molecular weight is 552 g/mol. The number of halogens is 4. The molecule has 7 nitrogen and oxygen atoms in total. The number of nitrogens with zero attached hydrogens (tertiary/aromatic N) is 1. The molecule has 0 fully saturated rings. The van der Waals surface area contributed by atoms with Crippen LogP contribution in [0, 0.1) is 5.82 Å². The van der Waals surface area contributed by atoms with Crippen molar-refractivity contribution >= 4 is 23.6 Å². The number of carbonyl (C=O) groups excluding carboxylic acids is 3. The van der Waals surface area contributed by atoms with Gasteiger partial charge in [-0.15, -0.1) is 0 Å². The molecule has 2 aromatic rings. The second-order valence-electron chi connectivity index (χ2n) is 10.7. The number of carbonyl (C=O) groups is 3. The summed E-state index contributed by atoms with van der Waals surface area (Å²) in [5, 5.41) is 4.92. The molecule has 1 aliphatic rings. The zero-order valence-corrected chi connectivity index (χ0v) is 22.5. The molecule has 212 valence electrons. The Labute approximate surface area is 224 Å². The van der Waals surface area contributed by atoms with E-state index in [1.54, 1.807) is 31.7 Å². The van der Waals surface area contributed by atoms with Gasteiger partial charge in [-0.1, -0.05) is 30.3 Å². The van der Waals surface area contributed by atoms with Crippen molar-refractivity contribution in [2.45, 2.75) is 83.8 Å². The molecule has 39 heavy (non-hydrogen) atoms. The van der Waals surface area contributed by atoms with Crippen LogP contribution in [0.15, 0.2) is 42.5 Å². The molecule has 0 saturated carbocycles. The van der Waals surface area contributed by atoms with Crippen LogP contribution in [0.3, 0.4) is 0 Å². The highest BCUT2D eigenvalue weighted by Crippen LogP contribution is 2.35. The number of rotatable bonds is 6. The van der Waals surface area contributed by atoms with Gasteiger partial charge in [0.15, 0.2) is 0 Å². The smallest absolute Gasteiger partial charge is 0.419 e. The molecule has 0 spiro atoms. The molecule has 0 unspecified atom stereocenters. The number of anilines is 1. The maximum absolute atomic E-state index is 14.2. The van der Waals surface area contributed by atoms with Crippen molar-refractivity contribution in [1.29, 1.82) is 0 Å². The molecule has 0 aromatic heterocycles. The predicted octanol–water partition coefficient (Wildman–Crippen LogP) is 5.15. The van der Waals surface area contributed by atoms with Crippen molar-refractivity contribution in [3.8, 4) is 0 Å². The zero-order valence-electron chi connectivity index (χ0n) is 22.5. The fourth-order valence-electron chi connectivity index (χ4n) is 4.54. The summed E-state index contributed by atoms with van der Waals surface area (Å²) in [6, 6.07) is 7.31. The van der Waals surface area contributed by atoms with Gasteiger partial charge in [0, 0.05) is 18.2 Å². The molecule has 2 N–H and O–H groups in total. The molecule has 2 atom stereocenters. The molecule has 0 radical (unpaired) electrons. The molecule has 0 bridgehead atoms. The van der Waals surface area contributed by atoms with Crippen LogP contribution >= 0.6 is 0 Å². The minimum atomic E-state index is -5.03. The van der Waals surface area contributed by atoms with Crippen LogP contribution in [0.4, 0.5) is 28.0 Å². The van der Waals surface area contributed by atoms with E-state index >= 15 is 0 Å². The summed E-state index contributed by atoms with van der Waals surface area (Å²) >= 11 is 0. The highest BCUT2D eigenvalue weighted by Gasteiger charge is 2.39. The second kappa shape index (κ2) is 11.6. The number of aryl methyl sites for hydroxylation is 1. The third kappa shape index (κ3) is 7.48. The van der Waals surface area contributed by atoms with Crippen LogP contribution in [0.2, 0.25) is 0 Å². The van der Waals surface area contributed by atoms with E-state index in [0.717, 1.165) is 17.7 Å². The highest BCUT2D eigenvalue weighted by molar-refractivity contribution is 6.01. The van der Waals surface area contributed by atoms with E-state index in [0.29, 0.717) is 18.2 Å². The lowest BCUT2D eigenvalue weighted by Gasteiger charge is -2.30. The first-order valence-corrected chi connectivity index (χ1v) is 12.6. The first-order valence-electron chi connectivity index (χ1n) is 12.6. The Morgan fingerprint density at radius 2 is 1.74 bits per heavy atom. The quantitative estimate of drug-likeness (QED) is 0.486. The molecule has 0 aliphatic carbocycles. The fourth-order valence-corrected chi connectivity index (χ4v) is 4.54. The third-order valence-electron chi connectivity index (χ3n) is 6.14. The van der Waals surface area contributed by atoms with Gasteiger partial charge in [-0.2, -0.15) is 13.2 Å². The summed E-state index contributed by atoms with van der Waals surface area (Å²) in [6.07, 6.45) is -6.07. The van der Waals surface area contributed by atoms with Crippen LogP contribution < -0.4 is 15.5 Å². The summed E-state index contributed by atoms with van der Waals surface area (Å²) in [4.78, 5) is 41.0. The Morgan fingerprint density at radius 1 is 1.08 bits per heavy atom. The van der Waals surface area contributed by atoms with Gasteiger partial charge in [-0.3, -0.25) is 9.59 Å². The molecular formula is C28H33F4N3O4.